The molecule has 2 aromatic carbocycles. The van der Waals surface area contributed by atoms with Crippen LogP contribution < -0.4 is 5.32 Å². The number of piperidine rings is 1. The van der Waals surface area contributed by atoms with Crippen molar-refractivity contribution in [2.45, 2.75) is 44.8 Å². The van der Waals surface area contributed by atoms with Gasteiger partial charge in [0, 0.05) is 64.0 Å². The Morgan fingerprint density at radius 3 is 2.46 bits per heavy atom. The zero-order chi connectivity index (χ0) is 28.9. The van der Waals surface area contributed by atoms with Crippen molar-refractivity contribution in [2.24, 2.45) is 0 Å². The minimum Gasteiger partial charge on any atom is -0.506 e. The number of rotatable bonds is 6. The first-order valence-electron chi connectivity index (χ1n) is 14.4. The topological polar surface area (TPSA) is 106 Å². The Morgan fingerprint density at radius 2 is 1.76 bits per heavy atom. The number of phenolic OH excluding ortho intramolecular Hbond substituents is 1. The summed E-state index contributed by atoms with van der Waals surface area (Å²) in [6, 6.07) is 12.5. The lowest BCUT2D eigenvalue weighted by Crippen LogP contribution is -2.53. The number of likely N-dealkylation sites (tertiary alicyclic amines) is 1. The molecule has 220 valence electrons. The van der Waals surface area contributed by atoms with E-state index < -0.39 is 12.2 Å². The number of benzene rings is 2. The normalized spacial score (nSPS) is 19.3. The van der Waals surface area contributed by atoms with E-state index in [1.807, 2.05) is 29.2 Å². The van der Waals surface area contributed by atoms with Crippen molar-refractivity contribution in [3.63, 3.8) is 0 Å². The number of hydrogen-bond donors (Lipinski definition) is 2. The van der Waals surface area contributed by atoms with Gasteiger partial charge in [-0.25, -0.2) is 9.59 Å². The van der Waals surface area contributed by atoms with Crippen LogP contribution in [-0.2, 0) is 22.4 Å². The minimum absolute atomic E-state index is 0.0137. The van der Waals surface area contributed by atoms with Crippen LogP contribution in [0, 0.1) is 0 Å². The Hall–Kier alpha value is -3.50. The van der Waals surface area contributed by atoms with Crippen molar-refractivity contribution < 1.29 is 24.2 Å². The smallest absolute Gasteiger partial charge is 0.410 e. The number of likely N-dealkylation sites (N-methyl/N-ethyl adjacent to an activating group) is 1. The number of piperazine rings is 1. The van der Waals surface area contributed by atoms with Crippen LogP contribution >= 0.6 is 11.6 Å². The van der Waals surface area contributed by atoms with Gasteiger partial charge in [-0.1, -0.05) is 42.8 Å². The Morgan fingerprint density at radius 1 is 1.02 bits per heavy atom. The molecule has 2 saturated heterocycles. The summed E-state index contributed by atoms with van der Waals surface area (Å²) in [4.78, 5) is 47.4. The number of anilines is 1. The molecule has 2 aromatic rings. The molecule has 2 N–H and O–H groups in total. The molecule has 1 atom stereocenters. The fourth-order valence-electron chi connectivity index (χ4n) is 5.85. The second-order valence-corrected chi connectivity index (χ2v) is 11.3. The van der Waals surface area contributed by atoms with Crippen LogP contribution in [0.1, 0.15) is 30.9 Å². The average Bonchev–Trinajstić information content (AvgIpc) is 3.16. The highest BCUT2D eigenvalue weighted by Gasteiger charge is 2.35. The Balaban J connectivity index is 1.21. The third kappa shape index (κ3) is 6.87. The number of fused-ring (bicyclic) bond motifs is 1. The second-order valence-electron chi connectivity index (χ2n) is 10.9. The summed E-state index contributed by atoms with van der Waals surface area (Å²) in [5.74, 6) is -0.273. The quantitative estimate of drug-likeness (QED) is 0.536. The highest BCUT2D eigenvalue weighted by atomic mass is 35.5. The molecule has 5 rings (SSSR count). The largest absolute Gasteiger partial charge is 0.506 e. The minimum atomic E-state index is -1.01. The first-order valence-corrected chi connectivity index (χ1v) is 14.8. The van der Waals surface area contributed by atoms with E-state index in [-0.39, 0.29) is 35.2 Å². The van der Waals surface area contributed by atoms with E-state index >= 15 is 0 Å². The molecule has 2 fully saturated rings. The van der Waals surface area contributed by atoms with Gasteiger partial charge < -0.3 is 34.8 Å². The van der Waals surface area contributed by atoms with Gasteiger partial charge in [-0.2, -0.15) is 0 Å². The molecule has 0 radical (unpaired) electrons. The number of amides is 4. The molecule has 3 aliphatic rings. The summed E-state index contributed by atoms with van der Waals surface area (Å²) in [5, 5.41) is 13.0. The molecule has 0 aliphatic carbocycles. The van der Waals surface area contributed by atoms with E-state index in [0.29, 0.717) is 51.1 Å². The number of carbonyl (C=O) groups excluding carboxylic acids is 3. The maximum absolute atomic E-state index is 13.6. The molecule has 0 saturated carbocycles. The fourth-order valence-corrected chi connectivity index (χ4v) is 6.06. The van der Waals surface area contributed by atoms with Gasteiger partial charge in [0.15, 0.2) is 6.10 Å². The van der Waals surface area contributed by atoms with Gasteiger partial charge in [0.05, 0.1) is 5.02 Å². The Labute approximate surface area is 245 Å². The lowest BCUT2D eigenvalue weighted by molar-refractivity contribution is -0.142. The maximum Gasteiger partial charge on any atom is 0.410 e. The van der Waals surface area contributed by atoms with Crippen LogP contribution in [0.3, 0.4) is 0 Å². The molecular formula is C30H38ClN5O5. The lowest BCUT2D eigenvalue weighted by Gasteiger charge is -2.38. The van der Waals surface area contributed by atoms with Gasteiger partial charge >= 0.3 is 12.1 Å². The SMILES string of the molecule is CCN1CCN(C(=O)[C@@H](Cc2ccc(O)c(Cl)c2)OC(=O)N2CCC(N3CCc4ccccc4NC3=O)CC2)CC1. The van der Waals surface area contributed by atoms with E-state index in [1.54, 1.807) is 21.9 Å². The number of aromatic hydroxyl groups is 1. The summed E-state index contributed by atoms with van der Waals surface area (Å²) in [6.45, 7) is 7.20. The molecule has 4 amide bonds. The molecule has 3 aliphatic heterocycles. The number of urea groups is 1. The van der Waals surface area contributed by atoms with Gasteiger partial charge in [0.2, 0.25) is 0 Å². The average molecular weight is 584 g/mol. The lowest BCUT2D eigenvalue weighted by atomic mass is 10.0. The zero-order valence-electron chi connectivity index (χ0n) is 23.4. The van der Waals surface area contributed by atoms with Crippen LogP contribution in [0.4, 0.5) is 15.3 Å². The van der Waals surface area contributed by atoms with Crippen molar-refractivity contribution in [1.29, 1.82) is 0 Å². The summed E-state index contributed by atoms with van der Waals surface area (Å²) in [6.07, 6.45) is 0.641. The summed E-state index contributed by atoms with van der Waals surface area (Å²) < 4.78 is 5.88. The highest BCUT2D eigenvalue weighted by molar-refractivity contribution is 6.32. The first kappa shape index (κ1) is 29.0. The van der Waals surface area contributed by atoms with Crippen molar-refractivity contribution in [2.75, 3.05) is 57.7 Å². The van der Waals surface area contributed by atoms with Crippen molar-refractivity contribution in [1.82, 2.24) is 19.6 Å². The van der Waals surface area contributed by atoms with Crippen LogP contribution in [0.5, 0.6) is 5.75 Å². The number of phenols is 1. The van der Waals surface area contributed by atoms with Crippen LogP contribution in [-0.4, -0.2) is 107 Å². The molecule has 0 spiro atoms. The van der Waals surface area contributed by atoms with E-state index in [2.05, 4.69) is 17.1 Å². The second kappa shape index (κ2) is 13.0. The fraction of sp³-hybridized carbons (Fsp3) is 0.500. The van der Waals surface area contributed by atoms with Gasteiger partial charge in [0.1, 0.15) is 5.75 Å². The number of hydrogen-bond acceptors (Lipinski definition) is 6. The first-order chi connectivity index (χ1) is 19.8. The summed E-state index contributed by atoms with van der Waals surface area (Å²) >= 11 is 6.11. The van der Waals surface area contributed by atoms with Crippen LogP contribution in [0.25, 0.3) is 0 Å². The molecule has 11 heteroatoms. The third-order valence-electron chi connectivity index (χ3n) is 8.39. The predicted molar refractivity (Wildman–Crippen MR) is 156 cm³/mol. The van der Waals surface area contributed by atoms with E-state index in [1.165, 1.54) is 6.07 Å². The molecule has 0 unspecified atom stereocenters. The van der Waals surface area contributed by atoms with Gasteiger partial charge in [0.25, 0.3) is 5.91 Å². The standard InChI is InChI=1S/C30H38ClN5O5/c1-2-33-15-17-34(18-16-33)28(38)27(20-21-7-8-26(37)24(31)19-21)41-30(40)35-12-10-23(11-13-35)36-14-9-22-5-3-4-6-25(22)32-29(36)39/h3-8,19,23,27,37H,2,9-18,20H2,1H3,(H,32,39)/t27-/m1/s1. The Bertz CT molecular complexity index is 1260. The van der Waals surface area contributed by atoms with Gasteiger partial charge in [-0.15, -0.1) is 0 Å². The summed E-state index contributed by atoms with van der Waals surface area (Å²) in [7, 11) is 0. The number of carbonyl (C=O) groups is 3. The van der Waals surface area contributed by atoms with E-state index in [4.69, 9.17) is 16.3 Å². The monoisotopic (exact) mass is 583 g/mol. The molecule has 0 aromatic heterocycles. The number of halogens is 1. The van der Waals surface area contributed by atoms with Gasteiger partial charge in [-0.3, -0.25) is 4.79 Å². The predicted octanol–water partition coefficient (Wildman–Crippen LogP) is 3.81. The molecule has 41 heavy (non-hydrogen) atoms. The molecule has 0 bridgehead atoms. The molecular weight excluding hydrogens is 546 g/mol. The van der Waals surface area contributed by atoms with Crippen molar-refractivity contribution in [3.05, 3.63) is 58.6 Å². The van der Waals surface area contributed by atoms with Gasteiger partial charge in [-0.05, 0) is 55.1 Å². The summed E-state index contributed by atoms with van der Waals surface area (Å²) in [5.41, 5.74) is 2.66. The van der Waals surface area contributed by atoms with Crippen LogP contribution in [0.15, 0.2) is 42.5 Å². The zero-order valence-corrected chi connectivity index (χ0v) is 24.2. The highest BCUT2D eigenvalue weighted by Crippen LogP contribution is 2.27. The van der Waals surface area contributed by atoms with Crippen molar-refractivity contribution in [3.8, 4) is 5.75 Å². The Kier molecular flexibility index (Phi) is 9.19. The van der Waals surface area contributed by atoms with E-state index in [0.717, 1.165) is 37.3 Å². The maximum atomic E-state index is 13.6. The third-order valence-corrected chi connectivity index (χ3v) is 8.69. The van der Waals surface area contributed by atoms with Crippen molar-refractivity contribution >= 4 is 35.3 Å². The number of para-hydroxylation sites is 1. The van der Waals surface area contributed by atoms with E-state index in [9.17, 15) is 19.5 Å². The number of nitrogens with zero attached hydrogens (tertiary/aromatic N) is 4. The number of nitrogens with one attached hydrogen (secondary N) is 1. The number of ether oxygens (including phenoxy) is 1. The molecule has 3 heterocycles. The molecule has 10 nitrogen and oxygen atoms in total. The van der Waals surface area contributed by atoms with Crippen LogP contribution in [0.2, 0.25) is 5.02 Å².